The molecule has 2 aromatic rings. The standard InChI is InChI=1S/C16H16N2O5/c1-3-23-16(20)13-6-4-5-12(9-13)10-17-11(2)14(18(21)22)7-8-15(17)19/h4-9H,3,10H2,1-2H3. The van der Waals surface area contributed by atoms with Gasteiger partial charge in [-0.2, -0.15) is 0 Å². The number of aromatic nitrogens is 1. The van der Waals surface area contributed by atoms with Crippen molar-refractivity contribution in [2.45, 2.75) is 20.4 Å². The zero-order chi connectivity index (χ0) is 17.0. The van der Waals surface area contributed by atoms with Crippen molar-refractivity contribution in [3.8, 4) is 0 Å². The maximum absolute atomic E-state index is 12.0. The fourth-order valence-corrected chi connectivity index (χ4v) is 2.25. The van der Waals surface area contributed by atoms with Crippen molar-refractivity contribution in [3.05, 3.63) is 73.7 Å². The number of hydrogen-bond donors (Lipinski definition) is 0. The van der Waals surface area contributed by atoms with Crippen molar-refractivity contribution >= 4 is 11.7 Å². The van der Waals surface area contributed by atoms with Crippen LogP contribution < -0.4 is 5.56 Å². The second kappa shape index (κ2) is 6.87. The maximum atomic E-state index is 12.0. The number of ether oxygens (including phenoxy) is 1. The van der Waals surface area contributed by atoms with Crippen molar-refractivity contribution in [3.63, 3.8) is 0 Å². The molecule has 23 heavy (non-hydrogen) atoms. The van der Waals surface area contributed by atoms with E-state index < -0.39 is 10.9 Å². The third-order valence-electron chi connectivity index (χ3n) is 3.40. The molecular weight excluding hydrogens is 300 g/mol. The Balaban J connectivity index is 2.38. The molecule has 0 bridgehead atoms. The normalized spacial score (nSPS) is 10.3. The van der Waals surface area contributed by atoms with Gasteiger partial charge in [0.25, 0.3) is 11.2 Å². The predicted octanol–water partition coefficient (Wildman–Crippen LogP) is 2.29. The van der Waals surface area contributed by atoms with Crippen LogP contribution in [-0.4, -0.2) is 22.1 Å². The van der Waals surface area contributed by atoms with Crippen LogP contribution in [0, 0.1) is 17.0 Å². The fourth-order valence-electron chi connectivity index (χ4n) is 2.25. The molecule has 0 unspecified atom stereocenters. The van der Waals surface area contributed by atoms with Gasteiger partial charge in [-0.15, -0.1) is 0 Å². The summed E-state index contributed by atoms with van der Waals surface area (Å²) in [6, 6.07) is 9.02. The lowest BCUT2D eigenvalue weighted by Gasteiger charge is -2.11. The number of hydrogen-bond acceptors (Lipinski definition) is 5. The first-order valence-electron chi connectivity index (χ1n) is 7.05. The van der Waals surface area contributed by atoms with Crippen LogP contribution in [0.4, 0.5) is 5.69 Å². The number of benzene rings is 1. The summed E-state index contributed by atoms with van der Waals surface area (Å²) in [5.41, 5.74) is 0.867. The van der Waals surface area contributed by atoms with E-state index in [1.807, 2.05) is 0 Å². The van der Waals surface area contributed by atoms with Crippen molar-refractivity contribution in [2.24, 2.45) is 0 Å². The highest BCUT2D eigenvalue weighted by Crippen LogP contribution is 2.16. The van der Waals surface area contributed by atoms with Gasteiger partial charge >= 0.3 is 5.97 Å². The summed E-state index contributed by atoms with van der Waals surface area (Å²) in [5, 5.41) is 11.0. The molecule has 1 aromatic carbocycles. The van der Waals surface area contributed by atoms with E-state index >= 15 is 0 Å². The molecule has 0 N–H and O–H groups in total. The molecule has 0 aliphatic rings. The van der Waals surface area contributed by atoms with E-state index in [-0.39, 0.29) is 30.1 Å². The molecule has 1 heterocycles. The van der Waals surface area contributed by atoms with Crippen LogP contribution in [-0.2, 0) is 11.3 Å². The number of pyridine rings is 1. The molecule has 0 atom stereocenters. The zero-order valence-corrected chi connectivity index (χ0v) is 12.8. The van der Waals surface area contributed by atoms with E-state index in [1.165, 1.54) is 23.6 Å². The molecule has 0 spiro atoms. The van der Waals surface area contributed by atoms with E-state index in [9.17, 15) is 19.7 Å². The summed E-state index contributed by atoms with van der Waals surface area (Å²) < 4.78 is 6.24. The monoisotopic (exact) mass is 316 g/mol. The summed E-state index contributed by atoms with van der Waals surface area (Å²) in [6.45, 7) is 3.65. The molecule has 0 amide bonds. The predicted molar refractivity (Wildman–Crippen MR) is 83.6 cm³/mol. The minimum atomic E-state index is -0.527. The number of rotatable bonds is 5. The molecular formula is C16H16N2O5. The van der Waals surface area contributed by atoms with Crippen molar-refractivity contribution < 1.29 is 14.5 Å². The van der Waals surface area contributed by atoms with E-state index in [0.717, 1.165) is 0 Å². The molecule has 120 valence electrons. The number of nitrogens with zero attached hydrogens (tertiary/aromatic N) is 2. The topological polar surface area (TPSA) is 91.4 Å². The Bertz CT molecular complexity index is 810. The van der Waals surface area contributed by atoms with Gasteiger partial charge in [0.1, 0.15) is 0 Å². The van der Waals surface area contributed by atoms with E-state index in [0.29, 0.717) is 11.1 Å². The molecule has 0 saturated carbocycles. The first kappa shape index (κ1) is 16.4. The van der Waals surface area contributed by atoms with Crippen LogP contribution in [0.25, 0.3) is 0 Å². The molecule has 0 saturated heterocycles. The van der Waals surface area contributed by atoms with Crippen molar-refractivity contribution in [2.75, 3.05) is 6.61 Å². The van der Waals surface area contributed by atoms with Crippen molar-refractivity contribution in [1.29, 1.82) is 0 Å². The maximum Gasteiger partial charge on any atom is 0.338 e. The molecule has 0 radical (unpaired) electrons. The summed E-state index contributed by atoms with van der Waals surface area (Å²) in [7, 11) is 0. The quantitative estimate of drug-likeness (QED) is 0.479. The minimum absolute atomic E-state index is 0.119. The Morgan fingerprint density at radius 2 is 2.04 bits per heavy atom. The smallest absolute Gasteiger partial charge is 0.338 e. The number of carbonyl (C=O) groups is 1. The Labute approximate surface area is 132 Å². The Morgan fingerprint density at radius 1 is 1.30 bits per heavy atom. The van der Waals surface area contributed by atoms with Gasteiger partial charge in [0.05, 0.1) is 29.3 Å². The van der Waals surface area contributed by atoms with Crippen LogP contribution >= 0.6 is 0 Å². The largest absolute Gasteiger partial charge is 0.462 e. The second-order valence-corrected chi connectivity index (χ2v) is 4.91. The lowest BCUT2D eigenvalue weighted by Crippen LogP contribution is -2.23. The third-order valence-corrected chi connectivity index (χ3v) is 3.40. The number of nitro groups is 1. The lowest BCUT2D eigenvalue weighted by molar-refractivity contribution is -0.386. The van der Waals surface area contributed by atoms with Gasteiger partial charge in [-0.05, 0) is 31.5 Å². The first-order chi connectivity index (χ1) is 10.9. The van der Waals surface area contributed by atoms with Gasteiger partial charge in [-0.1, -0.05) is 12.1 Å². The van der Waals surface area contributed by atoms with Gasteiger partial charge in [0.15, 0.2) is 0 Å². The van der Waals surface area contributed by atoms with Crippen LogP contribution in [0.3, 0.4) is 0 Å². The first-order valence-corrected chi connectivity index (χ1v) is 7.05. The van der Waals surface area contributed by atoms with Crippen LogP contribution in [0.5, 0.6) is 0 Å². The molecule has 1 aromatic heterocycles. The number of esters is 1. The van der Waals surface area contributed by atoms with Crippen molar-refractivity contribution in [1.82, 2.24) is 4.57 Å². The molecule has 0 aliphatic heterocycles. The van der Waals surface area contributed by atoms with Crippen LogP contribution in [0.1, 0.15) is 28.5 Å². The SMILES string of the molecule is CCOC(=O)c1cccc(Cn2c(C)c([N+](=O)[O-])ccc2=O)c1. The summed E-state index contributed by atoms with van der Waals surface area (Å²) in [6.07, 6.45) is 0. The third kappa shape index (κ3) is 3.63. The number of carbonyl (C=O) groups excluding carboxylic acids is 1. The van der Waals surface area contributed by atoms with Gasteiger partial charge < -0.3 is 9.30 Å². The molecule has 2 rings (SSSR count). The minimum Gasteiger partial charge on any atom is -0.462 e. The van der Waals surface area contributed by atoms with Gasteiger partial charge in [-0.25, -0.2) is 4.79 Å². The lowest BCUT2D eigenvalue weighted by atomic mass is 10.1. The van der Waals surface area contributed by atoms with Crippen LogP contribution in [0.15, 0.2) is 41.2 Å². The van der Waals surface area contributed by atoms with Gasteiger partial charge in [-0.3, -0.25) is 14.9 Å². The van der Waals surface area contributed by atoms with E-state index in [2.05, 4.69) is 0 Å². The zero-order valence-electron chi connectivity index (χ0n) is 12.8. The van der Waals surface area contributed by atoms with Gasteiger partial charge in [0.2, 0.25) is 0 Å². The second-order valence-electron chi connectivity index (χ2n) is 4.91. The molecule has 7 heteroatoms. The summed E-state index contributed by atoms with van der Waals surface area (Å²) in [4.78, 5) is 34.2. The Hall–Kier alpha value is -2.96. The average molecular weight is 316 g/mol. The average Bonchev–Trinajstić information content (AvgIpc) is 2.51. The van der Waals surface area contributed by atoms with Crippen LogP contribution in [0.2, 0.25) is 0 Å². The highest BCUT2D eigenvalue weighted by molar-refractivity contribution is 5.89. The van der Waals surface area contributed by atoms with E-state index in [1.54, 1.807) is 31.2 Å². The molecule has 0 aliphatic carbocycles. The highest BCUT2D eigenvalue weighted by atomic mass is 16.6. The fraction of sp³-hybridized carbons (Fsp3) is 0.250. The Morgan fingerprint density at radius 3 is 2.70 bits per heavy atom. The van der Waals surface area contributed by atoms with E-state index in [4.69, 9.17) is 4.74 Å². The Kier molecular flexibility index (Phi) is 4.90. The highest BCUT2D eigenvalue weighted by Gasteiger charge is 2.15. The van der Waals surface area contributed by atoms with Gasteiger partial charge in [0, 0.05) is 12.1 Å². The molecule has 7 nitrogen and oxygen atoms in total. The molecule has 0 fully saturated rings. The summed E-state index contributed by atoms with van der Waals surface area (Å²) >= 11 is 0. The summed E-state index contributed by atoms with van der Waals surface area (Å²) in [5.74, 6) is -0.447.